The third-order valence-corrected chi connectivity index (χ3v) is 4.21. The number of benzene rings is 2. The summed E-state index contributed by atoms with van der Waals surface area (Å²) < 4.78 is 70.2. The Morgan fingerprint density at radius 3 is 1.95 bits per heavy atom. The molecule has 2 rings (SSSR count). The number of anilines is 1. The molecule has 2 aromatic carbocycles. The molecule has 2 N–H and O–H groups in total. The van der Waals surface area contributed by atoms with Gasteiger partial charge < -0.3 is 5.73 Å². The van der Waals surface area contributed by atoms with Crippen molar-refractivity contribution in [2.45, 2.75) is 9.79 Å². The van der Waals surface area contributed by atoms with Gasteiger partial charge in [0.05, 0.1) is 0 Å². The molecule has 0 radical (unpaired) electrons. The lowest BCUT2D eigenvalue weighted by atomic mass is 10.1. The van der Waals surface area contributed by atoms with Crippen molar-refractivity contribution in [3.05, 3.63) is 30.3 Å². The highest BCUT2D eigenvalue weighted by Crippen LogP contribution is 2.32. The van der Waals surface area contributed by atoms with E-state index in [1.165, 1.54) is 0 Å². The summed E-state index contributed by atoms with van der Waals surface area (Å²) in [6.07, 6.45) is 0. The first-order valence-corrected chi connectivity index (χ1v) is 7.59. The summed E-state index contributed by atoms with van der Waals surface area (Å²) in [5.41, 5.74) is 5.19. The van der Waals surface area contributed by atoms with Crippen LogP contribution < -0.4 is 5.73 Å². The van der Waals surface area contributed by atoms with Gasteiger partial charge in [0.15, 0.2) is 0 Å². The Balaban J connectivity index is 3.07. The average molecular weight is 307 g/mol. The van der Waals surface area contributed by atoms with Gasteiger partial charge in [0.2, 0.25) is 0 Å². The van der Waals surface area contributed by atoms with Crippen molar-refractivity contribution in [2.24, 2.45) is 0 Å². The Bertz CT molecular complexity index is 876. The fourth-order valence-corrected chi connectivity index (χ4v) is 3.15. The third-order valence-electron chi connectivity index (χ3n) is 2.47. The minimum absolute atomic E-state index is 0.195. The third kappa shape index (κ3) is 2.51. The Kier molecular flexibility index (Phi) is 2.98. The maximum absolute atomic E-state index is 13.1. The van der Waals surface area contributed by atoms with Gasteiger partial charge >= 0.3 is 20.4 Å². The number of fused-ring (bicyclic) bond motifs is 1. The summed E-state index contributed by atoms with van der Waals surface area (Å²) >= 11 is 0. The van der Waals surface area contributed by atoms with Gasteiger partial charge in [-0.25, -0.2) is 0 Å². The molecule has 0 heterocycles. The quantitative estimate of drug-likeness (QED) is 0.673. The van der Waals surface area contributed by atoms with Crippen LogP contribution in [0.5, 0.6) is 0 Å². The number of rotatable bonds is 2. The van der Waals surface area contributed by atoms with E-state index in [0.717, 1.165) is 30.3 Å². The standard InChI is InChI=1S/C10H7F2NO4S2/c11-18(14,15)9-3-1-2-7-8(9)4-6(13)5-10(7)19(12,16)17/h1-5H,13H2. The molecule has 0 saturated carbocycles. The zero-order chi connectivity index (χ0) is 14.4. The number of hydrogen-bond donors (Lipinski definition) is 1. The molecule has 9 heteroatoms. The van der Waals surface area contributed by atoms with Crippen LogP contribution in [-0.2, 0) is 20.4 Å². The molecule has 0 aliphatic heterocycles. The van der Waals surface area contributed by atoms with E-state index in [4.69, 9.17) is 5.73 Å². The van der Waals surface area contributed by atoms with E-state index in [0.29, 0.717) is 0 Å². The fourth-order valence-electron chi connectivity index (χ4n) is 1.76. The van der Waals surface area contributed by atoms with Crippen molar-refractivity contribution in [3.63, 3.8) is 0 Å². The molecule has 0 spiro atoms. The SMILES string of the molecule is Nc1cc(S(=O)(=O)F)c2cccc(S(=O)(=O)F)c2c1. The minimum Gasteiger partial charge on any atom is -0.399 e. The maximum atomic E-state index is 13.1. The second-order valence-electron chi connectivity index (χ2n) is 3.75. The van der Waals surface area contributed by atoms with Gasteiger partial charge in [-0.2, -0.15) is 16.8 Å². The first kappa shape index (κ1) is 13.7. The van der Waals surface area contributed by atoms with Crippen molar-refractivity contribution in [1.29, 1.82) is 0 Å². The van der Waals surface area contributed by atoms with Crippen LogP contribution in [0.3, 0.4) is 0 Å². The van der Waals surface area contributed by atoms with Crippen LogP contribution in [0.25, 0.3) is 10.8 Å². The molecule has 0 aliphatic carbocycles. The molecule has 102 valence electrons. The zero-order valence-corrected chi connectivity index (χ0v) is 10.8. The molecule has 0 saturated heterocycles. The van der Waals surface area contributed by atoms with Gasteiger partial charge in [0.1, 0.15) is 9.79 Å². The Morgan fingerprint density at radius 1 is 0.842 bits per heavy atom. The van der Waals surface area contributed by atoms with Gasteiger partial charge in [-0.15, -0.1) is 7.77 Å². The smallest absolute Gasteiger partial charge is 0.332 e. The van der Waals surface area contributed by atoms with Crippen molar-refractivity contribution < 1.29 is 24.6 Å². The molecule has 0 atom stereocenters. The van der Waals surface area contributed by atoms with Crippen LogP contribution in [0.2, 0.25) is 0 Å². The van der Waals surface area contributed by atoms with E-state index < -0.39 is 30.2 Å². The van der Waals surface area contributed by atoms with Crippen LogP contribution in [0.4, 0.5) is 13.5 Å². The largest absolute Gasteiger partial charge is 0.399 e. The van der Waals surface area contributed by atoms with E-state index in [-0.39, 0.29) is 16.5 Å². The molecular weight excluding hydrogens is 300 g/mol. The van der Waals surface area contributed by atoms with E-state index in [9.17, 15) is 24.6 Å². The van der Waals surface area contributed by atoms with Gasteiger partial charge in [-0.1, -0.05) is 12.1 Å². The van der Waals surface area contributed by atoms with E-state index >= 15 is 0 Å². The summed E-state index contributed by atoms with van der Waals surface area (Å²) in [4.78, 5) is -1.56. The Labute approximate surface area is 108 Å². The maximum Gasteiger partial charge on any atom is 0.332 e. The molecule has 19 heavy (non-hydrogen) atoms. The number of halogens is 2. The van der Waals surface area contributed by atoms with Crippen molar-refractivity contribution in [3.8, 4) is 0 Å². The summed E-state index contributed by atoms with van der Waals surface area (Å²) in [5, 5.41) is -0.545. The lowest BCUT2D eigenvalue weighted by molar-refractivity contribution is 0.550. The van der Waals surface area contributed by atoms with Crippen molar-refractivity contribution in [1.82, 2.24) is 0 Å². The number of nitrogen functional groups attached to an aromatic ring is 1. The summed E-state index contributed by atoms with van der Waals surface area (Å²) in [6, 6.07) is 5.12. The Hall–Kier alpha value is -1.74. The summed E-state index contributed by atoms with van der Waals surface area (Å²) in [5.74, 6) is 0. The van der Waals surface area contributed by atoms with E-state index in [2.05, 4.69) is 0 Å². The molecule has 0 amide bonds. The molecule has 2 aromatic rings. The van der Waals surface area contributed by atoms with Crippen LogP contribution in [0.15, 0.2) is 40.1 Å². The number of nitrogens with two attached hydrogens (primary N) is 1. The first-order valence-electron chi connectivity index (χ1n) is 4.82. The first-order chi connectivity index (χ1) is 8.60. The highest BCUT2D eigenvalue weighted by atomic mass is 32.3. The molecule has 0 fully saturated rings. The summed E-state index contributed by atoms with van der Waals surface area (Å²) in [6.45, 7) is 0. The van der Waals surface area contributed by atoms with E-state index in [1.807, 2.05) is 0 Å². The molecule has 0 aromatic heterocycles. The molecule has 0 aliphatic rings. The van der Waals surface area contributed by atoms with Gasteiger partial charge in [0, 0.05) is 16.5 Å². The lowest BCUT2D eigenvalue weighted by Gasteiger charge is -2.07. The second-order valence-corrected chi connectivity index (χ2v) is 6.38. The number of hydrogen-bond acceptors (Lipinski definition) is 5. The molecule has 5 nitrogen and oxygen atoms in total. The van der Waals surface area contributed by atoms with Crippen LogP contribution >= 0.6 is 0 Å². The normalized spacial score (nSPS) is 12.7. The topological polar surface area (TPSA) is 94.3 Å². The molecular formula is C10H7F2NO4S2. The molecule has 0 bridgehead atoms. The zero-order valence-electron chi connectivity index (χ0n) is 9.17. The van der Waals surface area contributed by atoms with Gasteiger partial charge in [-0.3, -0.25) is 0 Å². The van der Waals surface area contributed by atoms with Crippen LogP contribution in [0.1, 0.15) is 0 Å². The molecule has 0 unspecified atom stereocenters. The van der Waals surface area contributed by atoms with Gasteiger partial charge in [-0.05, 0) is 18.2 Å². The van der Waals surface area contributed by atoms with E-state index in [1.54, 1.807) is 0 Å². The van der Waals surface area contributed by atoms with Crippen LogP contribution in [0, 0.1) is 0 Å². The Morgan fingerprint density at radius 2 is 1.42 bits per heavy atom. The predicted molar refractivity (Wildman–Crippen MR) is 64.9 cm³/mol. The lowest BCUT2D eigenvalue weighted by Crippen LogP contribution is -2.00. The minimum atomic E-state index is -5.11. The monoisotopic (exact) mass is 307 g/mol. The highest BCUT2D eigenvalue weighted by molar-refractivity contribution is 7.87. The van der Waals surface area contributed by atoms with Crippen molar-refractivity contribution >= 4 is 36.9 Å². The summed E-state index contributed by atoms with van der Waals surface area (Å²) in [7, 11) is -10.2. The second kappa shape index (κ2) is 4.14. The van der Waals surface area contributed by atoms with Gasteiger partial charge in [0.25, 0.3) is 0 Å². The predicted octanol–water partition coefficient (Wildman–Crippen LogP) is 1.74. The fraction of sp³-hybridized carbons (Fsp3) is 0. The van der Waals surface area contributed by atoms with Crippen molar-refractivity contribution in [2.75, 3.05) is 5.73 Å². The highest BCUT2D eigenvalue weighted by Gasteiger charge is 2.22. The average Bonchev–Trinajstić information content (AvgIpc) is 2.24. The van der Waals surface area contributed by atoms with Crippen LogP contribution in [-0.4, -0.2) is 16.8 Å².